The standard InChI is InChI=1S/C28H34O8/c1-20(18-31-3)27(29)35-14-6-7-22-8-10-23(11-9-22)25-13-12-24(17-26(25)33-5)34-15-16-36-28(30)21(2)19-32-4/h8-13,17H,1-2,6-7,14-16,18-19H2,3-5H3. The highest BCUT2D eigenvalue weighted by Crippen LogP contribution is 2.33. The Morgan fingerprint density at radius 1 is 0.778 bits per heavy atom. The lowest BCUT2D eigenvalue weighted by Gasteiger charge is -2.13. The summed E-state index contributed by atoms with van der Waals surface area (Å²) in [5.74, 6) is 0.321. The second-order valence-electron chi connectivity index (χ2n) is 7.86. The van der Waals surface area contributed by atoms with Crippen LogP contribution in [0, 0.1) is 0 Å². The molecule has 0 aromatic heterocycles. The number of carbonyl (C=O) groups is 2. The largest absolute Gasteiger partial charge is 0.496 e. The van der Waals surface area contributed by atoms with E-state index in [4.69, 9.17) is 28.4 Å². The third-order valence-corrected chi connectivity index (χ3v) is 5.08. The fourth-order valence-corrected chi connectivity index (χ4v) is 3.26. The molecule has 0 heterocycles. The van der Waals surface area contributed by atoms with Crippen molar-refractivity contribution in [2.75, 3.05) is 54.4 Å². The van der Waals surface area contributed by atoms with Crippen molar-refractivity contribution >= 4 is 11.9 Å². The van der Waals surface area contributed by atoms with Crippen LogP contribution in [0.5, 0.6) is 11.5 Å². The number of ether oxygens (including phenoxy) is 6. The molecule has 36 heavy (non-hydrogen) atoms. The topological polar surface area (TPSA) is 89.5 Å². The first-order valence-electron chi connectivity index (χ1n) is 11.5. The maximum atomic E-state index is 11.7. The SMILES string of the molecule is C=C(COC)C(=O)OCCCc1ccc(-c2ccc(OCCOC(=O)C(=C)COC)cc2OC)cc1. The molecule has 0 radical (unpaired) electrons. The van der Waals surface area contributed by atoms with E-state index in [2.05, 4.69) is 13.2 Å². The first-order chi connectivity index (χ1) is 17.4. The zero-order chi connectivity index (χ0) is 26.3. The number of hydrogen-bond donors (Lipinski definition) is 0. The summed E-state index contributed by atoms with van der Waals surface area (Å²) in [6, 6.07) is 13.7. The molecule has 0 saturated carbocycles. The minimum absolute atomic E-state index is 0.0915. The Labute approximate surface area is 212 Å². The van der Waals surface area contributed by atoms with Gasteiger partial charge in [-0.05, 0) is 36.1 Å². The Balaban J connectivity index is 1.85. The average Bonchev–Trinajstić information content (AvgIpc) is 2.89. The van der Waals surface area contributed by atoms with E-state index in [9.17, 15) is 9.59 Å². The fourth-order valence-electron chi connectivity index (χ4n) is 3.26. The molecule has 0 aliphatic heterocycles. The number of aryl methyl sites for hydroxylation is 1. The molecule has 8 heteroatoms. The first kappa shape index (κ1) is 28.6. The normalized spacial score (nSPS) is 10.4. The fraction of sp³-hybridized carbons (Fsp3) is 0.357. The van der Waals surface area contributed by atoms with Crippen LogP contribution in [0.1, 0.15) is 12.0 Å². The second kappa shape index (κ2) is 15.4. The third-order valence-electron chi connectivity index (χ3n) is 5.08. The van der Waals surface area contributed by atoms with Crippen LogP contribution >= 0.6 is 0 Å². The van der Waals surface area contributed by atoms with Gasteiger partial charge in [-0.3, -0.25) is 0 Å². The summed E-state index contributed by atoms with van der Waals surface area (Å²) in [6.07, 6.45) is 1.48. The van der Waals surface area contributed by atoms with E-state index < -0.39 is 11.9 Å². The number of carbonyl (C=O) groups excluding carboxylic acids is 2. The van der Waals surface area contributed by atoms with Gasteiger partial charge in [0.25, 0.3) is 0 Å². The summed E-state index contributed by atoms with van der Waals surface area (Å²) in [4.78, 5) is 23.4. The van der Waals surface area contributed by atoms with Crippen molar-refractivity contribution in [3.8, 4) is 22.6 Å². The summed E-state index contributed by atoms with van der Waals surface area (Å²) in [7, 11) is 4.59. The molecule has 0 amide bonds. The quantitative estimate of drug-likeness (QED) is 0.194. The Kier molecular flexibility index (Phi) is 12.2. The van der Waals surface area contributed by atoms with E-state index in [1.165, 1.54) is 14.2 Å². The Bertz CT molecular complexity index is 1030. The van der Waals surface area contributed by atoms with Crippen LogP contribution < -0.4 is 9.47 Å². The van der Waals surface area contributed by atoms with Gasteiger partial charge < -0.3 is 28.4 Å². The van der Waals surface area contributed by atoms with Crippen LogP contribution in [-0.4, -0.2) is 66.3 Å². The lowest BCUT2D eigenvalue weighted by atomic mass is 10.0. The van der Waals surface area contributed by atoms with E-state index in [1.807, 2.05) is 36.4 Å². The van der Waals surface area contributed by atoms with Crippen LogP contribution in [0.4, 0.5) is 0 Å². The molecular weight excluding hydrogens is 464 g/mol. The zero-order valence-electron chi connectivity index (χ0n) is 21.2. The molecule has 0 atom stereocenters. The highest BCUT2D eigenvalue weighted by atomic mass is 16.6. The highest BCUT2D eigenvalue weighted by molar-refractivity contribution is 5.88. The van der Waals surface area contributed by atoms with Gasteiger partial charge in [0, 0.05) is 25.8 Å². The van der Waals surface area contributed by atoms with E-state index in [1.54, 1.807) is 13.2 Å². The van der Waals surface area contributed by atoms with E-state index in [0.717, 1.165) is 23.1 Å². The van der Waals surface area contributed by atoms with Crippen molar-refractivity contribution in [3.63, 3.8) is 0 Å². The maximum Gasteiger partial charge on any atom is 0.335 e. The molecule has 0 spiro atoms. The monoisotopic (exact) mass is 498 g/mol. The van der Waals surface area contributed by atoms with Gasteiger partial charge in [0.2, 0.25) is 0 Å². The first-order valence-corrected chi connectivity index (χ1v) is 11.5. The molecule has 0 aliphatic rings. The number of methoxy groups -OCH3 is 3. The second-order valence-corrected chi connectivity index (χ2v) is 7.86. The van der Waals surface area contributed by atoms with Crippen molar-refractivity contribution in [3.05, 3.63) is 72.3 Å². The average molecular weight is 499 g/mol. The summed E-state index contributed by atoms with van der Waals surface area (Å²) in [5.41, 5.74) is 3.61. The molecule has 0 fully saturated rings. The van der Waals surface area contributed by atoms with Crippen LogP contribution in [0.2, 0.25) is 0 Å². The van der Waals surface area contributed by atoms with Gasteiger partial charge in [0.05, 0.1) is 38.1 Å². The van der Waals surface area contributed by atoms with Gasteiger partial charge in [0.1, 0.15) is 24.7 Å². The minimum Gasteiger partial charge on any atom is -0.496 e. The molecule has 0 unspecified atom stereocenters. The van der Waals surface area contributed by atoms with Crippen molar-refractivity contribution in [2.24, 2.45) is 0 Å². The summed E-state index contributed by atoms with van der Waals surface area (Å²) in [5, 5.41) is 0. The lowest BCUT2D eigenvalue weighted by molar-refractivity contribution is -0.140. The smallest absolute Gasteiger partial charge is 0.335 e. The highest BCUT2D eigenvalue weighted by Gasteiger charge is 2.11. The van der Waals surface area contributed by atoms with Gasteiger partial charge in [-0.1, -0.05) is 37.4 Å². The van der Waals surface area contributed by atoms with Gasteiger partial charge in [0.15, 0.2) is 0 Å². The molecule has 2 aromatic rings. The minimum atomic E-state index is -0.509. The van der Waals surface area contributed by atoms with Gasteiger partial charge in [-0.25, -0.2) is 9.59 Å². The van der Waals surface area contributed by atoms with Gasteiger partial charge in [-0.15, -0.1) is 0 Å². The van der Waals surface area contributed by atoms with Crippen LogP contribution in [0.25, 0.3) is 11.1 Å². The van der Waals surface area contributed by atoms with Crippen LogP contribution in [-0.2, 0) is 35.0 Å². The maximum absolute atomic E-state index is 11.7. The Morgan fingerprint density at radius 2 is 1.39 bits per heavy atom. The van der Waals surface area contributed by atoms with Crippen molar-refractivity contribution in [2.45, 2.75) is 12.8 Å². The number of rotatable bonds is 16. The number of hydrogen-bond acceptors (Lipinski definition) is 8. The number of esters is 2. The summed E-state index contributed by atoms with van der Waals surface area (Å²) in [6.45, 7) is 8.13. The molecule has 0 saturated heterocycles. The predicted molar refractivity (Wildman–Crippen MR) is 136 cm³/mol. The molecule has 0 bridgehead atoms. The zero-order valence-corrected chi connectivity index (χ0v) is 21.2. The van der Waals surface area contributed by atoms with Crippen molar-refractivity contribution in [1.82, 2.24) is 0 Å². The van der Waals surface area contributed by atoms with Gasteiger partial charge in [-0.2, -0.15) is 0 Å². The lowest BCUT2D eigenvalue weighted by Crippen LogP contribution is -2.15. The molecule has 2 aromatic carbocycles. The molecule has 194 valence electrons. The molecule has 0 N–H and O–H groups in total. The molecule has 0 aliphatic carbocycles. The number of benzene rings is 2. The Morgan fingerprint density at radius 3 is 1.97 bits per heavy atom. The van der Waals surface area contributed by atoms with Crippen molar-refractivity contribution in [1.29, 1.82) is 0 Å². The molecule has 2 rings (SSSR count). The van der Waals surface area contributed by atoms with Crippen LogP contribution in [0.3, 0.4) is 0 Å². The molecular formula is C28H34O8. The van der Waals surface area contributed by atoms with Gasteiger partial charge >= 0.3 is 11.9 Å². The van der Waals surface area contributed by atoms with Crippen molar-refractivity contribution < 1.29 is 38.0 Å². The molecule has 8 nitrogen and oxygen atoms in total. The Hall–Kier alpha value is -3.62. The van der Waals surface area contributed by atoms with Crippen LogP contribution in [0.15, 0.2) is 66.8 Å². The van der Waals surface area contributed by atoms with E-state index in [-0.39, 0.29) is 32.0 Å². The summed E-state index contributed by atoms with van der Waals surface area (Å²) >= 11 is 0. The van der Waals surface area contributed by atoms with E-state index in [0.29, 0.717) is 30.1 Å². The summed E-state index contributed by atoms with van der Waals surface area (Å²) < 4.78 is 31.3. The third kappa shape index (κ3) is 9.20. The van der Waals surface area contributed by atoms with E-state index >= 15 is 0 Å². The predicted octanol–water partition coefficient (Wildman–Crippen LogP) is 4.17.